The zero-order valence-corrected chi connectivity index (χ0v) is 31.8. The summed E-state index contributed by atoms with van der Waals surface area (Å²) < 4.78 is 54.8. The Hall–Kier alpha value is -3.31. The molecule has 2 aromatic carbocycles. The van der Waals surface area contributed by atoms with Gasteiger partial charge in [0, 0.05) is 31.1 Å². The molecule has 0 saturated carbocycles. The first-order chi connectivity index (χ1) is 22.4. The fraction of sp³-hybridized carbons (Fsp3) is 0.571. The molecule has 0 fully saturated rings. The van der Waals surface area contributed by atoms with Crippen LogP contribution in [0.4, 0.5) is 0 Å². The van der Waals surface area contributed by atoms with Gasteiger partial charge in [0.15, 0.2) is 23.0 Å². The molecule has 0 spiro atoms. The van der Waals surface area contributed by atoms with Crippen LogP contribution in [0, 0.1) is 61.8 Å². The number of hydrogen-bond donors (Lipinski definition) is 0. The molecule has 0 amide bonds. The summed E-state index contributed by atoms with van der Waals surface area (Å²) >= 11 is 0. The van der Waals surface area contributed by atoms with E-state index in [-0.39, 0.29) is 53.0 Å². The molecule has 23 heteroatoms. The molecule has 51 heavy (non-hydrogen) atoms. The second-order valence-corrected chi connectivity index (χ2v) is 8.41. The normalized spacial score (nSPS) is 15.2. The third-order valence-electron chi connectivity index (χ3n) is 5.13. The van der Waals surface area contributed by atoms with Crippen LogP contribution in [-0.4, -0.2) is 127 Å². The number of para-hydroxylation sites is 4. The maximum atomic E-state index is 8.25. The van der Waals surface area contributed by atoms with E-state index in [9.17, 15) is 0 Å². The van der Waals surface area contributed by atoms with E-state index in [2.05, 4.69) is 0 Å². The maximum Gasteiger partial charge on any atom is 0.161 e. The molecule has 0 unspecified atom stereocenters. The Labute approximate surface area is 317 Å². The fourth-order valence-electron chi connectivity index (χ4n) is 3.30. The zero-order valence-electron chi connectivity index (χ0n) is 27.7. The average molecular weight is 967 g/mol. The Morgan fingerprint density at radius 3 is 0.667 bits per heavy atom. The number of nitrogens with zero attached hydrogens (tertiary/aromatic N) is 2. The van der Waals surface area contributed by atoms with Crippen molar-refractivity contribution in [3.63, 3.8) is 0 Å². The molecule has 2 aromatic rings. The van der Waals surface area contributed by atoms with E-state index in [4.69, 9.17) is 78.0 Å². The van der Waals surface area contributed by atoms with Gasteiger partial charge in [-0.15, -0.1) is 0 Å². The number of fused-ring (bicyclic) bond motifs is 2. The minimum Gasteiger partial charge on any atom is -2.00 e. The van der Waals surface area contributed by atoms with Crippen LogP contribution in [0.25, 0.3) is 0 Å². The van der Waals surface area contributed by atoms with Crippen molar-refractivity contribution in [2.45, 2.75) is 0 Å². The summed E-state index contributed by atoms with van der Waals surface area (Å²) in [4.78, 5) is 16.5. The van der Waals surface area contributed by atoms with Crippen LogP contribution >= 0.6 is 0 Å². The average Bonchev–Trinajstić information content (AvgIpc) is 3.04. The van der Waals surface area contributed by atoms with Gasteiger partial charge in [0.1, 0.15) is 26.4 Å². The molecule has 296 valence electrons. The van der Waals surface area contributed by atoms with Gasteiger partial charge in [-0.1, -0.05) is 24.3 Å². The SMILES string of the molecule is O.O.O=[N+]([O-])[O-].O=[N+]([O-])[O-].[O-2].[O-2].[U].c1ccc2c(c1)OCCOCCOCCOCCO2.c1ccc2c(c1)OCCOCCOCCOCCO2. The summed E-state index contributed by atoms with van der Waals surface area (Å²) in [7, 11) is 0. The first kappa shape index (κ1) is 57.0. The molecular weight excluding hydrogens is 922 g/mol. The first-order valence-electron chi connectivity index (χ1n) is 14.2. The number of hydrogen-bond acceptors (Lipinski definition) is 16. The van der Waals surface area contributed by atoms with Gasteiger partial charge in [0.2, 0.25) is 0 Å². The quantitative estimate of drug-likeness (QED) is 0.258. The number of benzene rings is 2. The van der Waals surface area contributed by atoms with Crippen LogP contribution in [0.5, 0.6) is 23.0 Å². The van der Waals surface area contributed by atoms with Crippen LogP contribution in [0.3, 0.4) is 0 Å². The molecule has 0 atom stereocenters. The molecule has 2 aliphatic heterocycles. The Balaban J connectivity index is -0.000000211. The molecular formula is C28H44N2O20U-6. The van der Waals surface area contributed by atoms with E-state index in [1.165, 1.54) is 0 Å². The van der Waals surface area contributed by atoms with Crippen molar-refractivity contribution in [1.82, 2.24) is 0 Å². The minimum atomic E-state index is -1.75. The van der Waals surface area contributed by atoms with Crippen LogP contribution in [0.15, 0.2) is 48.5 Å². The molecule has 0 bridgehead atoms. The van der Waals surface area contributed by atoms with Crippen molar-refractivity contribution >= 4 is 0 Å². The smallest absolute Gasteiger partial charge is 0.161 e. The summed E-state index contributed by atoms with van der Waals surface area (Å²) in [6.45, 7) is 8.73. The molecule has 4 N–H and O–H groups in total. The van der Waals surface area contributed by atoms with Gasteiger partial charge in [-0.05, 0) is 24.3 Å². The summed E-state index contributed by atoms with van der Waals surface area (Å²) in [5.74, 6) is 2.93. The molecule has 0 aromatic heterocycles. The summed E-state index contributed by atoms with van der Waals surface area (Å²) in [5.41, 5.74) is 0. The van der Waals surface area contributed by atoms with Gasteiger partial charge in [0.05, 0.1) is 89.5 Å². The van der Waals surface area contributed by atoms with Crippen molar-refractivity contribution in [1.29, 1.82) is 0 Å². The van der Waals surface area contributed by atoms with E-state index in [0.717, 1.165) is 23.0 Å². The Bertz CT molecular complexity index is 905. The van der Waals surface area contributed by atoms with Crippen molar-refractivity contribution in [3.8, 4) is 23.0 Å². The topological polar surface area (TPSA) is 345 Å². The minimum absolute atomic E-state index is 0. The summed E-state index contributed by atoms with van der Waals surface area (Å²) in [6, 6.07) is 15.2. The van der Waals surface area contributed by atoms with Crippen molar-refractivity contribution in [3.05, 3.63) is 79.2 Å². The number of ether oxygens (including phenoxy) is 10. The van der Waals surface area contributed by atoms with E-state index in [1.54, 1.807) is 0 Å². The summed E-state index contributed by atoms with van der Waals surface area (Å²) in [6.07, 6.45) is 0. The monoisotopic (exact) mass is 966 g/mol. The van der Waals surface area contributed by atoms with E-state index in [1.807, 2.05) is 48.5 Å². The molecule has 0 aliphatic carbocycles. The Kier molecular flexibility index (Phi) is 46.0. The van der Waals surface area contributed by atoms with E-state index >= 15 is 0 Å². The van der Waals surface area contributed by atoms with Crippen molar-refractivity contribution < 1.29 is 111 Å². The first-order valence-corrected chi connectivity index (χ1v) is 14.2. The molecule has 2 aliphatic rings. The Morgan fingerprint density at radius 1 is 0.373 bits per heavy atom. The predicted molar refractivity (Wildman–Crippen MR) is 169 cm³/mol. The molecule has 0 saturated heterocycles. The third kappa shape index (κ3) is 36.3. The second kappa shape index (κ2) is 41.1. The molecule has 0 radical (unpaired) electrons. The van der Waals surface area contributed by atoms with Crippen LogP contribution < -0.4 is 18.9 Å². The van der Waals surface area contributed by atoms with Crippen LogP contribution in [-0.2, 0) is 39.4 Å². The second-order valence-electron chi connectivity index (χ2n) is 8.41. The largest absolute Gasteiger partial charge is 2.00 e. The van der Waals surface area contributed by atoms with Gasteiger partial charge < -0.3 is 99.9 Å². The Morgan fingerprint density at radius 2 is 0.510 bits per heavy atom. The third-order valence-corrected chi connectivity index (χ3v) is 5.13. The zero-order chi connectivity index (χ0) is 33.5. The van der Waals surface area contributed by atoms with Crippen LogP contribution in [0.1, 0.15) is 0 Å². The molecule has 2 heterocycles. The number of rotatable bonds is 0. The van der Waals surface area contributed by atoms with Crippen molar-refractivity contribution in [2.75, 3.05) is 106 Å². The van der Waals surface area contributed by atoms with Gasteiger partial charge in [-0.3, -0.25) is 0 Å². The van der Waals surface area contributed by atoms with Gasteiger partial charge in [-0.25, -0.2) is 0 Å². The van der Waals surface area contributed by atoms with E-state index < -0.39 is 10.2 Å². The van der Waals surface area contributed by atoms with Gasteiger partial charge in [-0.2, -0.15) is 0 Å². The maximum absolute atomic E-state index is 8.25. The predicted octanol–water partition coefficient (Wildman–Crippen LogP) is 0.650. The molecule has 22 nitrogen and oxygen atoms in total. The fourth-order valence-corrected chi connectivity index (χ4v) is 3.30. The van der Waals surface area contributed by atoms with Crippen LogP contribution in [0.2, 0.25) is 0 Å². The molecule has 4 rings (SSSR count). The van der Waals surface area contributed by atoms with E-state index in [0.29, 0.717) is 106 Å². The van der Waals surface area contributed by atoms with Gasteiger partial charge in [0.25, 0.3) is 0 Å². The summed E-state index contributed by atoms with van der Waals surface area (Å²) in [5, 5.41) is 29.5. The van der Waals surface area contributed by atoms with Gasteiger partial charge >= 0.3 is 0 Å². The standard InChI is InChI=1S/2C14H20O5.2NO3.2H2O.2O.U/c2*1-2-4-14-13(3-1)18-11-9-16-7-5-15-6-8-17-10-12-19-14;2*2-1(3)4;;;;;/h2*1-4H,5-12H2;;;2*1H2;;;/q;;2*-1;;;2*-2;. The van der Waals surface area contributed by atoms with Crippen molar-refractivity contribution in [2.24, 2.45) is 0 Å².